The van der Waals surface area contributed by atoms with Crippen molar-refractivity contribution in [3.05, 3.63) is 53.5 Å². The molecule has 2 aromatic heterocycles. The Labute approximate surface area is 419 Å². The first kappa shape index (κ1) is 49.1. The maximum Gasteiger partial charge on any atom is 0.343 e. The number of nitrogens with one attached hydrogen (secondary N) is 3. The molecule has 21 nitrogen and oxygen atoms in total. The van der Waals surface area contributed by atoms with E-state index in [1.165, 1.54) is 6.20 Å². The first-order chi connectivity index (χ1) is 34.9. The van der Waals surface area contributed by atoms with Gasteiger partial charge in [0, 0.05) is 127 Å². The molecule has 0 bridgehead atoms. The Morgan fingerprint density at radius 3 is 2.11 bits per heavy atom. The summed E-state index contributed by atoms with van der Waals surface area (Å²) >= 11 is 0. The van der Waals surface area contributed by atoms with Crippen LogP contribution in [0.2, 0.25) is 0 Å². The third kappa shape index (κ3) is 10.5. The fraction of sp³-hybridized carbons (Fsp3) is 0.608. The molecule has 1 unspecified atom stereocenters. The monoisotopic (exact) mass is 990 g/mol. The molecule has 0 spiro atoms. The van der Waals surface area contributed by atoms with Crippen molar-refractivity contribution in [1.82, 2.24) is 49.6 Å². The minimum atomic E-state index is -0.988. The van der Waals surface area contributed by atoms with Gasteiger partial charge in [0.1, 0.15) is 17.4 Å². The number of hydrogen-bond acceptors (Lipinski definition) is 16. The zero-order valence-electron chi connectivity index (χ0n) is 41.4. The smallest absolute Gasteiger partial charge is 0.343 e. The van der Waals surface area contributed by atoms with Crippen LogP contribution in [0.3, 0.4) is 0 Å². The highest BCUT2D eigenvalue weighted by atomic mass is 16.5. The summed E-state index contributed by atoms with van der Waals surface area (Å²) in [7, 11) is 1.83. The van der Waals surface area contributed by atoms with Gasteiger partial charge in [-0.2, -0.15) is 10.1 Å². The Hall–Kier alpha value is -6.48. The number of aryl methyl sites for hydroxylation is 1. The van der Waals surface area contributed by atoms with E-state index in [4.69, 9.17) is 4.74 Å². The second-order valence-corrected chi connectivity index (χ2v) is 20.7. The van der Waals surface area contributed by atoms with Gasteiger partial charge >= 0.3 is 5.97 Å². The summed E-state index contributed by atoms with van der Waals surface area (Å²) in [6.45, 7) is 10.8. The van der Waals surface area contributed by atoms with Crippen LogP contribution in [0, 0.1) is 17.8 Å². The van der Waals surface area contributed by atoms with Gasteiger partial charge in [0.2, 0.25) is 29.6 Å². The number of benzene rings is 1. The molecule has 72 heavy (non-hydrogen) atoms. The predicted molar refractivity (Wildman–Crippen MR) is 264 cm³/mol. The summed E-state index contributed by atoms with van der Waals surface area (Å²) in [5, 5.41) is 13.1. The van der Waals surface area contributed by atoms with Crippen LogP contribution in [0.25, 0.3) is 0 Å². The molecule has 10 rings (SSSR count). The summed E-state index contributed by atoms with van der Waals surface area (Å²) in [6, 6.07) is 4.90. The average Bonchev–Trinajstić information content (AvgIpc) is 4.10. The second-order valence-electron chi connectivity index (χ2n) is 20.7. The number of esters is 1. The molecule has 2 aliphatic carbocycles. The van der Waals surface area contributed by atoms with Crippen molar-refractivity contribution in [3.8, 4) is 0 Å². The molecule has 6 amide bonds. The molecule has 3 aromatic rings. The second kappa shape index (κ2) is 21.3. The maximum absolute atomic E-state index is 13.8. The SMILES string of the molecule is CCOC(=O)c1cnc(Nc2cnn(C)c2)nc1NC1CCC(N2CCN(C(=O)C3CCC(C(=O)N4CCN(C[C@@H]5CCN(c6ccc7c(c6)C(=O)N(C6CCC(=O)NC6=O)C7=O)C5)CC4)CC3)CC2)CC1. The fourth-order valence-electron chi connectivity index (χ4n) is 12.1. The number of amides is 6. The van der Waals surface area contributed by atoms with E-state index in [-0.39, 0.29) is 54.7 Å². The minimum Gasteiger partial charge on any atom is -0.462 e. The van der Waals surface area contributed by atoms with E-state index < -0.39 is 35.6 Å². The summed E-state index contributed by atoms with van der Waals surface area (Å²) in [5.74, 6) is -0.841. The lowest BCUT2D eigenvalue weighted by Crippen LogP contribution is -2.54. The van der Waals surface area contributed by atoms with Crippen molar-refractivity contribution in [2.75, 3.05) is 94.1 Å². The molecule has 4 saturated heterocycles. The summed E-state index contributed by atoms with van der Waals surface area (Å²) in [6.07, 6.45) is 13.1. The number of carbonyl (C=O) groups excluding carboxylic acids is 7. The van der Waals surface area contributed by atoms with Crippen molar-refractivity contribution in [2.24, 2.45) is 24.8 Å². The number of carbonyl (C=O) groups is 7. The summed E-state index contributed by atoms with van der Waals surface area (Å²) in [4.78, 5) is 113. The zero-order chi connectivity index (χ0) is 50.0. The van der Waals surface area contributed by atoms with Crippen LogP contribution in [-0.2, 0) is 31.0 Å². The number of aromatic nitrogens is 4. The number of piperazine rings is 2. The quantitative estimate of drug-likeness (QED) is 0.165. The molecule has 7 aliphatic rings. The summed E-state index contributed by atoms with van der Waals surface area (Å²) < 4.78 is 6.99. The van der Waals surface area contributed by atoms with E-state index in [1.54, 1.807) is 29.9 Å². The highest BCUT2D eigenvalue weighted by Gasteiger charge is 2.45. The van der Waals surface area contributed by atoms with Crippen molar-refractivity contribution < 1.29 is 38.3 Å². The number of rotatable bonds is 13. The number of hydrogen-bond donors (Lipinski definition) is 3. The first-order valence-corrected chi connectivity index (χ1v) is 26.1. The maximum atomic E-state index is 13.8. The van der Waals surface area contributed by atoms with Gasteiger partial charge in [-0.15, -0.1) is 0 Å². The third-order valence-electron chi connectivity index (χ3n) is 16.1. The average molecular weight is 990 g/mol. The van der Waals surface area contributed by atoms with Crippen LogP contribution in [-0.4, -0.2) is 182 Å². The molecule has 384 valence electrons. The van der Waals surface area contributed by atoms with Crippen molar-refractivity contribution in [3.63, 3.8) is 0 Å². The molecule has 0 radical (unpaired) electrons. The number of imide groups is 2. The number of nitrogens with zero attached hydrogens (tertiary/aromatic N) is 10. The lowest BCUT2D eigenvalue weighted by Gasteiger charge is -2.43. The molecule has 7 heterocycles. The van der Waals surface area contributed by atoms with Gasteiger partial charge in [-0.3, -0.25) is 53.5 Å². The van der Waals surface area contributed by atoms with Crippen LogP contribution in [0.15, 0.2) is 36.8 Å². The van der Waals surface area contributed by atoms with Gasteiger partial charge in [-0.05, 0) is 95.2 Å². The molecule has 2 atom stereocenters. The van der Waals surface area contributed by atoms with Crippen LogP contribution in [0.1, 0.15) is 109 Å². The van der Waals surface area contributed by atoms with E-state index in [0.717, 1.165) is 133 Å². The van der Waals surface area contributed by atoms with E-state index in [0.29, 0.717) is 47.9 Å². The molecule has 5 aliphatic heterocycles. The van der Waals surface area contributed by atoms with Crippen LogP contribution < -0.4 is 20.9 Å². The van der Waals surface area contributed by atoms with E-state index >= 15 is 0 Å². The molecule has 1 aromatic carbocycles. The number of anilines is 4. The van der Waals surface area contributed by atoms with Gasteiger partial charge < -0.3 is 30.1 Å². The lowest BCUT2D eigenvalue weighted by atomic mass is 9.80. The molecule has 2 saturated carbocycles. The Bertz CT molecular complexity index is 2560. The number of piperidine rings is 1. The molecule has 3 N–H and O–H groups in total. The standard InChI is InChI=1S/C51H67N13O8/c1-3-72-50(71)41-28-52-51(55-36-27-53-58(2)31-36)57-44(41)54-35-8-10-37(11-9-35)60-22-24-62(25-23-60)47(68)34-6-4-33(5-7-34)46(67)61-20-18-59(19-21-61)29-32-16-17-63(30-32)38-12-13-39-40(26-38)49(70)64(48(39)69)42-14-15-43(65)56-45(42)66/h12-13,26-28,31-35,37,42H,3-11,14-25,29-30H2,1-2H3,(H,56,65,66)(H2,52,54,55,57)/t32-,33?,34?,35?,37?,42?/m0/s1. The van der Waals surface area contributed by atoms with Gasteiger partial charge in [0.05, 0.1) is 29.6 Å². The highest BCUT2D eigenvalue weighted by molar-refractivity contribution is 6.23. The van der Waals surface area contributed by atoms with E-state index in [1.807, 2.05) is 24.2 Å². The molecule has 6 fully saturated rings. The normalized spacial score (nSPS) is 26.4. The number of fused-ring (bicyclic) bond motifs is 1. The Morgan fingerprint density at radius 2 is 1.46 bits per heavy atom. The Balaban J connectivity index is 0.622. The van der Waals surface area contributed by atoms with E-state index in [9.17, 15) is 33.6 Å². The van der Waals surface area contributed by atoms with E-state index in [2.05, 4.69) is 50.6 Å². The molecular formula is C51H67N13O8. The van der Waals surface area contributed by atoms with Crippen LogP contribution >= 0.6 is 0 Å². The largest absolute Gasteiger partial charge is 0.462 e. The Kier molecular flexibility index (Phi) is 14.5. The van der Waals surface area contributed by atoms with Crippen LogP contribution in [0.5, 0.6) is 0 Å². The highest BCUT2D eigenvalue weighted by Crippen LogP contribution is 2.35. The van der Waals surface area contributed by atoms with Gasteiger partial charge in [-0.1, -0.05) is 0 Å². The third-order valence-corrected chi connectivity index (χ3v) is 16.1. The van der Waals surface area contributed by atoms with Gasteiger partial charge in [0.25, 0.3) is 11.8 Å². The van der Waals surface area contributed by atoms with Crippen LogP contribution in [0.4, 0.5) is 23.1 Å². The van der Waals surface area contributed by atoms with Gasteiger partial charge in [0.15, 0.2) is 0 Å². The summed E-state index contributed by atoms with van der Waals surface area (Å²) in [5.41, 5.74) is 2.50. The fourth-order valence-corrected chi connectivity index (χ4v) is 12.1. The first-order valence-electron chi connectivity index (χ1n) is 26.1. The number of ether oxygens (including phenoxy) is 1. The van der Waals surface area contributed by atoms with Gasteiger partial charge in [-0.25, -0.2) is 9.78 Å². The lowest BCUT2D eigenvalue weighted by molar-refractivity contribution is -0.143. The molecular weight excluding hydrogens is 923 g/mol. The minimum absolute atomic E-state index is 0.0291. The predicted octanol–water partition coefficient (Wildman–Crippen LogP) is 2.88. The Morgan fingerprint density at radius 1 is 0.778 bits per heavy atom. The van der Waals surface area contributed by atoms with Crippen molar-refractivity contribution in [1.29, 1.82) is 0 Å². The van der Waals surface area contributed by atoms with Crippen molar-refractivity contribution in [2.45, 2.75) is 95.7 Å². The van der Waals surface area contributed by atoms with Crippen molar-refractivity contribution >= 4 is 64.6 Å². The molecule has 21 heteroatoms. The zero-order valence-corrected chi connectivity index (χ0v) is 41.4. The topological polar surface area (TPSA) is 228 Å².